The van der Waals surface area contributed by atoms with Crippen molar-refractivity contribution in [3.8, 4) is 0 Å². The maximum absolute atomic E-state index is 12.5. The molecule has 11 heteroatoms. The maximum atomic E-state index is 12.5. The van der Waals surface area contributed by atoms with Gasteiger partial charge in [-0.2, -0.15) is 0 Å². The molecule has 1 saturated heterocycles. The molecule has 0 aliphatic carbocycles. The molecule has 0 spiro atoms. The van der Waals surface area contributed by atoms with Crippen LogP contribution in [0.4, 0.5) is 0 Å². The maximum Gasteiger partial charge on any atom is 0.326 e. The van der Waals surface area contributed by atoms with E-state index in [1.54, 1.807) is 0 Å². The number of aliphatic carboxylic acids is 3. The van der Waals surface area contributed by atoms with Crippen molar-refractivity contribution in [1.29, 1.82) is 0 Å². The van der Waals surface area contributed by atoms with Crippen molar-refractivity contribution in [2.24, 2.45) is 5.73 Å². The molecule has 2 amide bonds. The SMILES string of the molecule is N[C@@H](CCC(=O)O)C(=O)N[C@@H](CC(=O)O)C(=O)N1CCC[C@@H]1C(=O)O. The zero-order valence-corrected chi connectivity index (χ0v) is 13.4. The number of nitrogens with two attached hydrogens (primary N) is 1. The number of likely N-dealkylation sites (tertiary alicyclic amines) is 1. The highest BCUT2D eigenvalue weighted by molar-refractivity contribution is 5.94. The molecule has 0 aromatic heterocycles. The lowest BCUT2D eigenvalue weighted by molar-refractivity contribution is -0.150. The number of hydrogen-bond acceptors (Lipinski definition) is 6. The minimum Gasteiger partial charge on any atom is -0.481 e. The molecule has 0 bridgehead atoms. The summed E-state index contributed by atoms with van der Waals surface area (Å²) in [4.78, 5) is 58.1. The van der Waals surface area contributed by atoms with Crippen molar-refractivity contribution in [2.75, 3.05) is 6.54 Å². The van der Waals surface area contributed by atoms with E-state index in [1.807, 2.05) is 0 Å². The summed E-state index contributed by atoms with van der Waals surface area (Å²) in [6.07, 6.45) is -0.587. The smallest absolute Gasteiger partial charge is 0.326 e. The summed E-state index contributed by atoms with van der Waals surface area (Å²) >= 11 is 0. The first kappa shape index (κ1) is 20.4. The van der Waals surface area contributed by atoms with Crippen molar-refractivity contribution >= 4 is 29.7 Å². The quantitative estimate of drug-likeness (QED) is 0.317. The predicted octanol–water partition coefficient (Wildman–Crippen LogP) is -1.79. The number of nitrogens with zero attached hydrogens (tertiary/aromatic N) is 1. The Morgan fingerprint density at radius 1 is 1.12 bits per heavy atom. The summed E-state index contributed by atoms with van der Waals surface area (Å²) in [6.45, 7) is 0.146. The molecule has 1 aliphatic rings. The van der Waals surface area contributed by atoms with E-state index in [4.69, 9.17) is 21.1 Å². The largest absolute Gasteiger partial charge is 0.481 e. The Kier molecular flexibility index (Phi) is 7.30. The van der Waals surface area contributed by atoms with E-state index in [-0.39, 0.29) is 25.8 Å². The Balaban J connectivity index is 2.80. The van der Waals surface area contributed by atoms with Crippen LogP contribution in [0.2, 0.25) is 0 Å². The fourth-order valence-corrected chi connectivity index (χ4v) is 2.55. The molecule has 140 valence electrons. The van der Waals surface area contributed by atoms with Gasteiger partial charge in [-0.05, 0) is 19.3 Å². The lowest BCUT2D eigenvalue weighted by atomic mass is 10.1. The van der Waals surface area contributed by atoms with Gasteiger partial charge in [-0.25, -0.2) is 4.79 Å². The van der Waals surface area contributed by atoms with Crippen molar-refractivity contribution in [1.82, 2.24) is 10.2 Å². The fraction of sp³-hybridized carbons (Fsp3) is 0.643. The second kappa shape index (κ2) is 8.97. The van der Waals surface area contributed by atoms with Crippen LogP contribution < -0.4 is 11.1 Å². The minimum absolute atomic E-state index is 0.146. The first-order valence-electron chi connectivity index (χ1n) is 7.66. The van der Waals surface area contributed by atoms with E-state index in [0.29, 0.717) is 6.42 Å². The third-order valence-electron chi connectivity index (χ3n) is 3.82. The monoisotopic (exact) mass is 359 g/mol. The van der Waals surface area contributed by atoms with Crippen molar-refractivity contribution in [2.45, 2.75) is 50.2 Å². The number of rotatable bonds is 9. The van der Waals surface area contributed by atoms with Crippen LogP contribution in [0.15, 0.2) is 0 Å². The van der Waals surface area contributed by atoms with Crippen LogP contribution in [0.5, 0.6) is 0 Å². The Labute approximate surface area is 142 Å². The highest BCUT2D eigenvalue weighted by Gasteiger charge is 2.38. The zero-order chi connectivity index (χ0) is 19.1. The summed E-state index contributed by atoms with van der Waals surface area (Å²) in [7, 11) is 0. The van der Waals surface area contributed by atoms with Gasteiger partial charge in [0, 0.05) is 13.0 Å². The van der Waals surface area contributed by atoms with Gasteiger partial charge < -0.3 is 31.3 Å². The zero-order valence-electron chi connectivity index (χ0n) is 13.4. The Morgan fingerprint density at radius 2 is 1.76 bits per heavy atom. The van der Waals surface area contributed by atoms with E-state index in [2.05, 4.69) is 5.32 Å². The van der Waals surface area contributed by atoms with Crippen LogP contribution in [0, 0.1) is 0 Å². The van der Waals surface area contributed by atoms with Gasteiger partial charge in [0.25, 0.3) is 0 Å². The standard InChI is InChI=1S/C14H21N3O8/c15-7(3-4-10(18)19)12(22)16-8(6-11(20)21)13(23)17-5-1-2-9(17)14(24)25/h7-9H,1-6,15H2,(H,16,22)(H,18,19)(H,20,21)(H,24,25)/t7-,8-,9+/m0/s1. The fourth-order valence-electron chi connectivity index (χ4n) is 2.55. The molecule has 25 heavy (non-hydrogen) atoms. The molecule has 0 aromatic rings. The van der Waals surface area contributed by atoms with E-state index in [9.17, 15) is 24.0 Å². The first-order chi connectivity index (χ1) is 11.6. The lowest BCUT2D eigenvalue weighted by Gasteiger charge is -2.27. The van der Waals surface area contributed by atoms with Gasteiger partial charge in [-0.15, -0.1) is 0 Å². The summed E-state index contributed by atoms with van der Waals surface area (Å²) in [5.41, 5.74) is 5.53. The second-order valence-corrected chi connectivity index (χ2v) is 5.73. The normalized spacial score (nSPS) is 19.1. The lowest BCUT2D eigenvalue weighted by Crippen LogP contribution is -2.55. The van der Waals surface area contributed by atoms with E-state index >= 15 is 0 Å². The Hall–Kier alpha value is -2.69. The molecule has 0 aromatic carbocycles. The van der Waals surface area contributed by atoms with Gasteiger partial charge in [0.05, 0.1) is 12.5 Å². The Bertz CT molecular complexity index is 564. The number of amides is 2. The molecule has 11 nitrogen and oxygen atoms in total. The van der Waals surface area contributed by atoms with Gasteiger partial charge in [0.2, 0.25) is 11.8 Å². The third-order valence-corrected chi connectivity index (χ3v) is 3.82. The molecule has 1 aliphatic heterocycles. The molecule has 1 rings (SSSR count). The molecule has 0 saturated carbocycles. The van der Waals surface area contributed by atoms with E-state index in [1.165, 1.54) is 0 Å². The van der Waals surface area contributed by atoms with Crippen molar-refractivity contribution in [3.05, 3.63) is 0 Å². The number of carbonyl (C=O) groups is 5. The molecule has 6 N–H and O–H groups in total. The molecular weight excluding hydrogens is 338 g/mol. The van der Waals surface area contributed by atoms with Crippen LogP contribution in [-0.4, -0.2) is 74.6 Å². The number of carbonyl (C=O) groups excluding carboxylic acids is 2. The van der Waals surface area contributed by atoms with E-state index < -0.39 is 54.3 Å². The highest BCUT2D eigenvalue weighted by Crippen LogP contribution is 2.19. The summed E-state index contributed by atoms with van der Waals surface area (Å²) < 4.78 is 0. The predicted molar refractivity (Wildman–Crippen MR) is 81.4 cm³/mol. The summed E-state index contributed by atoms with van der Waals surface area (Å²) in [5.74, 6) is -5.39. The first-order valence-corrected chi connectivity index (χ1v) is 7.66. The van der Waals surface area contributed by atoms with Crippen LogP contribution in [0.25, 0.3) is 0 Å². The third kappa shape index (κ3) is 6.03. The summed E-state index contributed by atoms with van der Waals surface area (Å²) in [5, 5.41) is 28.8. The average molecular weight is 359 g/mol. The number of nitrogens with one attached hydrogen (secondary N) is 1. The van der Waals surface area contributed by atoms with Gasteiger partial charge in [0.1, 0.15) is 12.1 Å². The molecule has 1 heterocycles. The topological polar surface area (TPSA) is 187 Å². The van der Waals surface area contributed by atoms with Crippen LogP contribution >= 0.6 is 0 Å². The number of hydrogen-bond donors (Lipinski definition) is 5. The minimum atomic E-state index is -1.47. The molecule has 3 atom stereocenters. The Morgan fingerprint density at radius 3 is 2.28 bits per heavy atom. The summed E-state index contributed by atoms with van der Waals surface area (Å²) in [6, 6.07) is -3.77. The molecular formula is C14H21N3O8. The molecule has 0 radical (unpaired) electrons. The van der Waals surface area contributed by atoms with E-state index in [0.717, 1.165) is 4.90 Å². The van der Waals surface area contributed by atoms with Crippen molar-refractivity contribution < 1.29 is 39.3 Å². The second-order valence-electron chi connectivity index (χ2n) is 5.73. The van der Waals surface area contributed by atoms with Crippen LogP contribution in [0.1, 0.15) is 32.1 Å². The van der Waals surface area contributed by atoms with Gasteiger partial charge in [-0.3, -0.25) is 19.2 Å². The van der Waals surface area contributed by atoms with Gasteiger partial charge >= 0.3 is 17.9 Å². The van der Waals surface area contributed by atoms with Crippen LogP contribution in [-0.2, 0) is 24.0 Å². The van der Waals surface area contributed by atoms with Gasteiger partial charge in [-0.1, -0.05) is 0 Å². The van der Waals surface area contributed by atoms with Gasteiger partial charge in [0.15, 0.2) is 0 Å². The molecule has 0 unspecified atom stereocenters. The van der Waals surface area contributed by atoms with Crippen LogP contribution in [0.3, 0.4) is 0 Å². The number of carboxylic acids is 3. The molecule has 1 fully saturated rings. The van der Waals surface area contributed by atoms with Crippen molar-refractivity contribution in [3.63, 3.8) is 0 Å². The average Bonchev–Trinajstić information content (AvgIpc) is 3.00. The highest BCUT2D eigenvalue weighted by atomic mass is 16.4. The number of carboxylic acid groups (broad SMARTS) is 3.